The Morgan fingerprint density at radius 2 is 1.85 bits per heavy atom. The molecule has 2 aromatic rings. The highest BCUT2D eigenvalue weighted by atomic mass is 35.5. The Morgan fingerprint density at radius 1 is 1.22 bits per heavy atom. The van der Waals surface area contributed by atoms with Crippen LogP contribution in [0.5, 0.6) is 0 Å². The molecule has 148 valence electrons. The largest absolute Gasteiger partial charge is 0.453 e. The molecule has 0 bridgehead atoms. The lowest BCUT2D eigenvalue weighted by Gasteiger charge is -2.14. The number of nitrogens with one attached hydrogen (secondary N) is 1. The summed E-state index contributed by atoms with van der Waals surface area (Å²) >= 11 is 6.03. The number of benzene rings is 1. The van der Waals surface area contributed by atoms with Crippen molar-refractivity contribution in [2.45, 2.75) is 29.7 Å². The van der Waals surface area contributed by atoms with Gasteiger partial charge in [0, 0.05) is 5.69 Å². The topological polar surface area (TPSA) is 85.8 Å². The molecular formula is C13H10ClF6N5OS. The summed E-state index contributed by atoms with van der Waals surface area (Å²) in [6.07, 6.45) is -9.55. The first kappa shape index (κ1) is 21.2. The van der Waals surface area contributed by atoms with Crippen LogP contribution in [-0.2, 0) is 17.1 Å². The number of hydrogen-bond donors (Lipinski definition) is 2. The summed E-state index contributed by atoms with van der Waals surface area (Å²) < 4.78 is 76.5. The van der Waals surface area contributed by atoms with Crippen molar-refractivity contribution in [3.8, 4) is 0 Å². The van der Waals surface area contributed by atoms with Gasteiger partial charge in [0.15, 0.2) is 0 Å². The molecule has 3 N–H and O–H groups in total. The summed E-state index contributed by atoms with van der Waals surface area (Å²) in [5.74, 6) is 3.02. The molecule has 0 aliphatic rings. The zero-order valence-electron chi connectivity index (χ0n) is 13.2. The van der Waals surface area contributed by atoms with E-state index in [9.17, 15) is 31.1 Å². The molecule has 27 heavy (non-hydrogen) atoms. The number of hydrogen-bond acceptors (Lipinski definition) is 5. The number of nitrogens with two attached hydrogens (primary N) is 1. The van der Waals surface area contributed by atoms with Crippen LogP contribution in [0.25, 0.3) is 0 Å². The van der Waals surface area contributed by atoms with Gasteiger partial charge in [0.1, 0.15) is 0 Å². The fourth-order valence-corrected chi connectivity index (χ4v) is 2.82. The number of amides is 1. The van der Waals surface area contributed by atoms with Crippen molar-refractivity contribution in [3.05, 3.63) is 34.6 Å². The third-order valence-electron chi connectivity index (χ3n) is 3.11. The van der Waals surface area contributed by atoms with E-state index in [0.717, 1.165) is 12.1 Å². The van der Waals surface area contributed by atoms with Gasteiger partial charge >= 0.3 is 12.4 Å². The zero-order chi connectivity index (χ0) is 20.6. The van der Waals surface area contributed by atoms with Gasteiger partial charge in [0.25, 0.3) is 5.82 Å². The zero-order valence-corrected chi connectivity index (χ0v) is 14.8. The first-order valence-corrected chi connectivity index (χ1v) is 8.18. The van der Waals surface area contributed by atoms with Crippen molar-refractivity contribution < 1.29 is 31.1 Å². The first-order valence-electron chi connectivity index (χ1n) is 6.92. The first-order chi connectivity index (χ1) is 12.3. The lowest BCUT2D eigenvalue weighted by Crippen LogP contribution is -2.25. The average Bonchev–Trinajstić information content (AvgIpc) is 2.89. The van der Waals surface area contributed by atoms with Crippen LogP contribution in [0.2, 0.25) is 5.02 Å². The van der Waals surface area contributed by atoms with Crippen LogP contribution in [0.15, 0.2) is 23.4 Å². The summed E-state index contributed by atoms with van der Waals surface area (Å²) in [6.45, 7) is 1.31. The predicted molar refractivity (Wildman–Crippen MR) is 85.6 cm³/mol. The summed E-state index contributed by atoms with van der Waals surface area (Å²) in [6, 6.07) is 2.76. The molecule has 0 saturated heterocycles. The Labute approximate surface area is 157 Å². The second-order valence-corrected chi connectivity index (χ2v) is 6.83. The average molecular weight is 434 g/mol. The molecule has 1 amide bonds. The number of nitrogen functional groups attached to an aromatic ring is 1. The summed E-state index contributed by atoms with van der Waals surface area (Å²) in [7, 11) is 0. The van der Waals surface area contributed by atoms with Crippen molar-refractivity contribution in [1.82, 2.24) is 14.9 Å². The highest BCUT2D eigenvalue weighted by molar-refractivity contribution is 8.00. The second-order valence-electron chi connectivity index (χ2n) is 5.12. The normalized spacial score (nSPS) is 13.5. The Balaban J connectivity index is 2.12. The Hall–Kier alpha value is -2.15. The van der Waals surface area contributed by atoms with Crippen molar-refractivity contribution in [1.29, 1.82) is 0 Å². The van der Waals surface area contributed by atoms with Gasteiger partial charge in [-0.1, -0.05) is 23.4 Å². The van der Waals surface area contributed by atoms with Crippen LogP contribution in [0.1, 0.15) is 18.3 Å². The van der Waals surface area contributed by atoms with Gasteiger partial charge in [-0.05, 0) is 25.1 Å². The van der Waals surface area contributed by atoms with Crippen LogP contribution in [0, 0.1) is 0 Å². The van der Waals surface area contributed by atoms with Crippen molar-refractivity contribution in [2.24, 2.45) is 0 Å². The number of rotatable bonds is 4. The Morgan fingerprint density at radius 3 is 2.37 bits per heavy atom. The molecule has 0 aliphatic carbocycles. The SMILES string of the molecule is CC(Sc1nnc(C(F)(F)F)n1N)C(=O)Nc1ccc(Cl)c(C(F)(F)F)c1. The minimum Gasteiger partial charge on any atom is -0.335 e. The molecule has 2 rings (SSSR count). The molecule has 1 unspecified atom stereocenters. The standard InChI is InChI=1S/C13H10ClF6N5OS/c1-5(27-11-24-23-10(25(11)21)13(18,19)20)9(26)22-6-2-3-8(14)7(4-6)12(15,16)17/h2-5H,21H2,1H3,(H,22,26). The van der Waals surface area contributed by atoms with E-state index in [1.165, 1.54) is 6.92 Å². The van der Waals surface area contributed by atoms with Crippen LogP contribution in [-0.4, -0.2) is 26.0 Å². The molecule has 0 spiro atoms. The molecule has 14 heteroatoms. The Bertz CT molecular complexity index is 853. The molecule has 1 aromatic heterocycles. The molecule has 0 radical (unpaired) electrons. The van der Waals surface area contributed by atoms with Crippen LogP contribution >= 0.6 is 23.4 Å². The van der Waals surface area contributed by atoms with E-state index < -0.39 is 45.1 Å². The molecule has 1 atom stereocenters. The van der Waals surface area contributed by atoms with E-state index >= 15 is 0 Å². The monoisotopic (exact) mass is 433 g/mol. The molecule has 0 fully saturated rings. The van der Waals surface area contributed by atoms with Crippen LogP contribution in [0.4, 0.5) is 32.0 Å². The van der Waals surface area contributed by atoms with Crippen molar-refractivity contribution in [3.63, 3.8) is 0 Å². The minimum atomic E-state index is -4.83. The number of carbonyl (C=O) groups excluding carboxylic acids is 1. The number of aromatic nitrogens is 3. The Kier molecular flexibility index (Phi) is 5.85. The second kappa shape index (κ2) is 7.46. The van der Waals surface area contributed by atoms with E-state index in [1.807, 2.05) is 0 Å². The smallest absolute Gasteiger partial charge is 0.335 e. The van der Waals surface area contributed by atoms with Gasteiger partial charge in [-0.15, -0.1) is 10.2 Å². The lowest BCUT2D eigenvalue weighted by molar-refractivity contribution is -0.146. The van der Waals surface area contributed by atoms with Crippen molar-refractivity contribution in [2.75, 3.05) is 11.2 Å². The number of thioether (sulfide) groups is 1. The molecule has 1 aromatic carbocycles. The number of anilines is 1. The van der Waals surface area contributed by atoms with Crippen LogP contribution in [0.3, 0.4) is 0 Å². The van der Waals surface area contributed by atoms with E-state index in [2.05, 4.69) is 15.5 Å². The van der Waals surface area contributed by atoms with Crippen LogP contribution < -0.4 is 11.2 Å². The molecule has 0 saturated carbocycles. The maximum absolute atomic E-state index is 12.8. The summed E-state index contributed by atoms with van der Waals surface area (Å²) in [5, 5.41) is 6.40. The highest BCUT2D eigenvalue weighted by Gasteiger charge is 2.38. The van der Waals surface area contributed by atoms with Gasteiger partial charge in [-0.25, -0.2) is 4.68 Å². The number of carbonyl (C=O) groups is 1. The maximum atomic E-state index is 12.8. The third kappa shape index (κ3) is 4.97. The highest BCUT2D eigenvalue weighted by Crippen LogP contribution is 2.36. The third-order valence-corrected chi connectivity index (χ3v) is 4.50. The molecular weight excluding hydrogens is 424 g/mol. The number of nitrogens with zero attached hydrogens (tertiary/aromatic N) is 3. The lowest BCUT2D eigenvalue weighted by atomic mass is 10.2. The molecule has 6 nitrogen and oxygen atoms in total. The summed E-state index contributed by atoms with van der Waals surface area (Å²) in [5.41, 5.74) is -1.33. The fourth-order valence-electron chi connectivity index (χ4n) is 1.83. The van der Waals surface area contributed by atoms with E-state index in [0.29, 0.717) is 17.8 Å². The van der Waals surface area contributed by atoms with Gasteiger partial charge in [0.05, 0.1) is 15.8 Å². The molecule has 1 heterocycles. The van der Waals surface area contributed by atoms with Gasteiger partial charge in [-0.3, -0.25) is 4.79 Å². The van der Waals surface area contributed by atoms with E-state index in [-0.39, 0.29) is 10.4 Å². The fraction of sp³-hybridized carbons (Fsp3) is 0.308. The summed E-state index contributed by atoms with van der Waals surface area (Å²) in [4.78, 5) is 12.1. The van der Waals surface area contributed by atoms with E-state index in [4.69, 9.17) is 17.4 Å². The van der Waals surface area contributed by atoms with Gasteiger partial charge in [-0.2, -0.15) is 26.3 Å². The number of alkyl halides is 6. The van der Waals surface area contributed by atoms with Gasteiger partial charge in [0.2, 0.25) is 11.1 Å². The molecule has 0 aliphatic heterocycles. The quantitative estimate of drug-likeness (QED) is 0.435. The predicted octanol–water partition coefficient (Wildman–Crippen LogP) is 3.80. The van der Waals surface area contributed by atoms with E-state index in [1.54, 1.807) is 0 Å². The minimum absolute atomic E-state index is 0.179. The number of halogens is 7. The van der Waals surface area contributed by atoms with Gasteiger partial charge < -0.3 is 11.2 Å². The van der Waals surface area contributed by atoms with Crippen molar-refractivity contribution >= 4 is 35.0 Å². The maximum Gasteiger partial charge on any atom is 0.453 e.